The van der Waals surface area contributed by atoms with E-state index in [1.54, 1.807) is 6.07 Å². The molecular weight excluding hydrogens is 240 g/mol. The highest BCUT2D eigenvalue weighted by atomic mass is 16.3. The van der Waals surface area contributed by atoms with Crippen LogP contribution in [0.4, 0.5) is 11.4 Å². The van der Waals surface area contributed by atoms with E-state index in [9.17, 15) is 4.79 Å². The Balaban J connectivity index is 2.10. The number of carbonyl (C=O) groups is 1. The fourth-order valence-corrected chi connectivity index (χ4v) is 1.72. The zero-order chi connectivity index (χ0) is 14.0. The number of furan rings is 1. The fraction of sp³-hybridized carbons (Fsp3) is 0.267. The van der Waals surface area contributed by atoms with Crippen molar-refractivity contribution < 1.29 is 9.21 Å². The standard InChI is InChI=1S/C15H18N2O2/c1-10-9-14(19-11(10)2)15(18)16-12-5-7-13(8-6-12)17(3)4/h5-9H,1-4H3,(H,16,18). The maximum absolute atomic E-state index is 12.0. The molecule has 19 heavy (non-hydrogen) atoms. The van der Waals surface area contributed by atoms with E-state index in [1.807, 2.05) is 57.1 Å². The van der Waals surface area contributed by atoms with Crippen molar-refractivity contribution in [3.63, 3.8) is 0 Å². The van der Waals surface area contributed by atoms with Gasteiger partial charge in [-0.15, -0.1) is 0 Å². The van der Waals surface area contributed by atoms with Gasteiger partial charge in [0.25, 0.3) is 5.91 Å². The summed E-state index contributed by atoms with van der Waals surface area (Å²) in [5, 5.41) is 2.81. The van der Waals surface area contributed by atoms with E-state index in [-0.39, 0.29) is 5.91 Å². The SMILES string of the molecule is Cc1cc(C(=O)Nc2ccc(N(C)C)cc2)oc1C. The third-order valence-electron chi connectivity index (χ3n) is 3.03. The van der Waals surface area contributed by atoms with E-state index < -0.39 is 0 Å². The lowest BCUT2D eigenvalue weighted by molar-refractivity contribution is 0.0995. The highest BCUT2D eigenvalue weighted by molar-refractivity contribution is 6.02. The molecule has 0 aliphatic heterocycles. The maximum atomic E-state index is 12.0. The number of anilines is 2. The topological polar surface area (TPSA) is 45.5 Å². The predicted molar refractivity (Wildman–Crippen MR) is 76.9 cm³/mol. The Morgan fingerprint density at radius 1 is 1.16 bits per heavy atom. The van der Waals surface area contributed by atoms with Crippen LogP contribution in [0, 0.1) is 13.8 Å². The van der Waals surface area contributed by atoms with Gasteiger partial charge >= 0.3 is 0 Å². The molecule has 0 saturated carbocycles. The Morgan fingerprint density at radius 3 is 2.26 bits per heavy atom. The van der Waals surface area contributed by atoms with Gasteiger partial charge in [0.1, 0.15) is 5.76 Å². The van der Waals surface area contributed by atoms with Gasteiger partial charge < -0.3 is 14.6 Å². The maximum Gasteiger partial charge on any atom is 0.291 e. The Bertz CT molecular complexity index is 563. The van der Waals surface area contributed by atoms with Crippen LogP contribution in [0.1, 0.15) is 21.9 Å². The van der Waals surface area contributed by atoms with Gasteiger partial charge in [-0.1, -0.05) is 0 Å². The molecule has 0 aliphatic rings. The van der Waals surface area contributed by atoms with E-state index in [2.05, 4.69) is 5.32 Å². The van der Waals surface area contributed by atoms with Crippen molar-refractivity contribution in [2.24, 2.45) is 0 Å². The molecule has 4 heteroatoms. The highest BCUT2D eigenvalue weighted by Gasteiger charge is 2.12. The minimum Gasteiger partial charge on any atom is -0.456 e. The van der Waals surface area contributed by atoms with Crippen molar-refractivity contribution >= 4 is 17.3 Å². The van der Waals surface area contributed by atoms with Crippen LogP contribution in [0.25, 0.3) is 0 Å². The van der Waals surface area contributed by atoms with Crippen LogP contribution in [-0.2, 0) is 0 Å². The molecule has 0 fully saturated rings. The minimum atomic E-state index is -0.228. The van der Waals surface area contributed by atoms with Gasteiger partial charge in [-0.2, -0.15) is 0 Å². The molecule has 100 valence electrons. The van der Waals surface area contributed by atoms with E-state index in [4.69, 9.17) is 4.42 Å². The second-order valence-electron chi connectivity index (χ2n) is 4.75. The summed E-state index contributed by atoms with van der Waals surface area (Å²) < 4.78 is 5.39. The number of amides is 1. The van der Waals surface area contributed by atoms with Crippen molar-refractivity contribution in [3.8, 4) is 0 Å². The summed E-state index contributed by atoms with van der Waals surface area (Å²) >= 11 is 0. The van der Waals surface area contributed by atoms with Gasteiger partial charge in [0.05, 0.1) is 0 Å². The molecule has 1 aromatic carbocycles. The average molecular weight is 258 g/mol. The predicted octanol–water partition coefficient (Wildman–Crippen LogP) is 3.21. The van der Waals surface area contributed by atoms with Crippen molar-refractivity contribution in [2.45, 2.75) is 13.8 Å². The summed E-state index contributed by atoms with van der Waals surface area (Å²) in [5.41, 5.74) is 2.82. The summed E-state index contributed by atoms with van der Waals surface area (Å²) in [4.78, 5) is 14.0. The lowest BCUT2D eigenvalue weighted by atomic mass is 10.2. The Hall–Kier alpha value is -2.23. The monoisotopic (exact) mass is 258 g/mol. The number of nitrogens with zero attached hydrogens (tertiary/aromatic N) is 1. The van der Waals surface area contributed by atoms with Gasteiger partial charge in [0.2, 0.25) is 0 Å². The zero-order valence-electron chi connectivity index (χ0n) is 11.7. The van der Waals surface area contributed by atoms with Crippen LogP contribution in [0.15, 0.2) is 34.7 Å². The van der Waals surface area contributed by atoms with Crippen LogP contribution >= 0.6 is 0 Å². The van der Waals surface area contributed by atoms with Crippen LogP contribution in [-0.4, -0.2) is 20.0 Å². The molecule has 2 aromatic rings. The van der Waals surface area contributed by atoms with Crippen LogP contribution in [0.3, 0.4) is 0 Å². The lowest BCUT2D eigenvalue weighted by Gasteiger charge is -2.12. The molecule has 0 radical (unpaired) electrons. The first-order chi connectivity index (χ1) is 8.97. The van der Waals surface area contributed by atoms with Crippen LogP contribution < -0.4 is 10.2 Å². The molecule has 1 amide bonds. The molecule has 2 rings (SSSR count). The number of hydrogen-bond acceptors (Lipinski definition) is 3. The van der Waals surface area contributed by atoms with Gasteiger partial charge in [-0.05, 0) is 49.7 Å². The molecule has 0 unspecified atom stereocenters. The third-order valence-corrected chi connectivity index (χ3v) is 3.03. The largest absolute Gasteiger partial charge is 0.456 e. The van der Waals surface area contributed by atoms with Gasteiger partial charge in [-0.3, -0.25) is 4.79 Å². The van der Waals surface area contributed by atoms with Crippen LogP contribution in [0.5, 0.6) is 0 Å². The molecule has 0 atom stereocenters. The molecular formula is C15H18N2O2. The van der Waals surface area contributed by atoms with E-state index in [0.29, 0.717) is 5.76 Å². The summed E-state index contributed by atoms with van der Waals surface area (Å²) in [6, 6.07) is 9.40. The molecule has 1 heterocycles. The van der Waals surface area contributed by atoms with Gasteiger partial charge in [-0.25, -0.2) is 0 Å². The summed E-state index contributed by atoms with van der Waals surface area (Å²) in [6.07, 6.45) is 0. The number of hydrogen-bond donors (Lipinski definition) is 1. The number of aryl methyl sites for hydroxylation is 2. The average Bonchev–Trinajstić information content (AvgIpc) is 2.70. The first-order valence-corrected chi connectivity index (χ1v) is 6.13. The first kappa shape index (κ1) is 13.2. The summed E-state index contributed by atoms with van der Waals surface area (Å²) in [5.74, 6) is 0.883. The molecule has 0 aliphatic carbocycles. The normalized spacial score (nSPS) is 10.3. The smallest absolute Gasteiger partial charge is 0.291 e. The number of nitrogens with one attached hydrogen (secondary N) is 1. The van der Waals surface area contributed by atoms with Gasteiger partial charge in [0, 0.05) is 25.5 Å². The molecule has 0 saturated heterocycles. The minimum absolute atomic E-state index is 0.228. The van der Waals surface area contributed by atoms with Crippen molar-refractivity contribution in [2.75, 3.05) is 24.3 Å². The highest BCUT2D eigenvalue weighted by Crippen LogP contribution is 2.18. The molecule has 4 nitrogen and oxygen atoms in total. The Kier molecular flexibility index (Phi) is 3.60. The van der Waals surface area contributed by atoms with E-state index >= 15 is 0 Å². The van der Waals surface area contributed by atoms with E-state index in [1.165, 1.54) is 0 Å². The lowest BCUT2D eigenvalue weighted by Crippen LogP contribution is -2.12. The summed E-state index contributed by atoms with van der Waals surface area (Å²) in [7, 11) is 3.95. The van der Waals surface area contributed by atoms with Crippen molar-refractivity contribution in [3.05, 3.63) is 47.4 Å². The van der Waals surface area contributed by atoms with Crippen molar-refractivity contribution in [1.82, 2.24) is 0 Å². The number of rotatable bonds is 3. The molecule has 0 spiro atoms. The van der Waals surface area contributed by atoms with Gasteiger partial charge in [0.15, 0.2) is 5.76 Å². The second-order valence-corrected chi connectivity index (χ2v) is 4.75. The molecule has 1 N–H and O–H groups in total. The number of carbonyl (C=O) groups excluding carboxylic acids is 1. The third kappa shape index (κ3) is 2.96. The Morgan fingerprint density at radius 2 is 1.79 bits per heavy atom. The van der Waals surface area contributed by atoms with Crippen LogP contribution in [0.2, 0.25) is 0 Å². The number of benzene rings is 1. The second kappa shape index (κ2) is 5.18. The zero-order valence-corrected chi connectivity index (χ0v) is 11.7. The first-order valence-electron chi connectivity index (χ1n) is 6.13. The molecule has 0 bridgehead atoms. The summed E-state index contributed by atoms with van der Waals surface area (Å²) in [6.45, 7) is 3.76. The quantitative estimate of drug-likeness (QED) is 0.919. The molecule has 1 aromatic heterocycles. The Labute approximate surface area is 113 Å². The van der Waals surface area contributed by atoms with E-state index in [0.717, 1.165) is 22.7 Å². The van der Waals surface area contributed by atoms with Crippen molar-refractivity contribution in [1.29, 1.82) is 0 Å². The fourth-order valence-electron chi connectivity index (χ4n) is 1.72.